The topological polar surface area (TPSA) is 31.7 Å². The summed E-state index contributed by atoms with van der Waals surface area (Å²) in [6.07, 6.45) is 3.98. The molecule has 19 heavy (non-hydrogen) atoms. The normalized spacial score (nSPS) is 24.3. The van der Waals surface area contributed by atoms with Gasteiger partial charge in [-0.05, 0) is 52.3 Å². The summed E-state index contributed by atoms with van der Waals surface area (Å²) in [5, 5.41) is 3.64. The van der Waals surface area contributed by atoms with Crippen LogP contribution in [0, 0.1) is 0 Å². The summed E-state index contributed by atoms with van der Waals surface area (Å²) in [7, 11) is 4.47. The molecule has 2 heterocycles. The molecule has 1 fully saturated rings. The zero-order valence-corrected chi connectivity index (χ0v) is 12.4. The first-order valence-electron chi connectivity index (χ1n) is 7.35. The second kappa shape index (κ2) is 7.08. The Morgan fingerprint density at radius 3 is 2.95 bits per heavy atom. The maximum absolute atomic E-state index is 5.52. The molecule has 0 aliphatic carbocycles. The van der Waals surface area contributed by atoms with Crippen molar-refractivity contribution in [3.8, 4) is 0 Å². The van der Waals surface area contributed by atoms with Crippen molar-refractivity contribution >= 4 is 0 Å². The minimum Gasteiger partial charge on any atom is -0.469 e. The van der Waals surface area contributed by atoms with E-state index in [-0.39, 0.29) is 0 Å². The number of hydrogen-bond acceptors (Lipinski definition) is 4. The fourth-order valence-electron chi connectivity index (χ4n) is 2.99. The summed E-state index contributed by atoms with van der Waals surface area (Å²) in [5.41, 5.74) is 0. The third kappa shape index (κ3) is 4.06. The summed E-state index contributed by atoms with van der Waals surface area (Å²) >= 11 is 0. The Bertz CT molecular complexity index is 352. The van der Waals surface area contributed by atoms with E-state index in [4.69, 9.17) is 4.42 Å². The van der Waals surface area contributed by atoms with Crippen LogP contribution in [0.3, 0.4) is 0 Å². The number of rotatable bonds is 5. The lowest BCUT2D eigenvalue weighted by molar-refractivity contribution is 0.174. The lowest BCUT2D eigenvalue weighted by Gasteiger charge is -2.34. The molecule has 108 valence electrons. The maximum atomic E-state index is 5.52. The second-order valence-corrected chi connectivity index (χ2v) is 5.61. The van der Waals surface area contributed by atoms with Gasteiger partial charge in [0.25, 0.3) is 0 Å². The van der Waals surface area contributed by atoms with Crippen molar-refractivity contribution in [1.29, 1.82) is 0 Å². The molecule has 4 heteroatoms. The largest absolute Gasteiger partial charge is 0.469 e. The van der Waals surface area contributed by atoms with Crippen molar-refractivity contribution in [3.63, 3.8) is 0 Å². The standard InChI is InChI=1S/C15H27N3O/c1-4-16-14(11-13-7-5-10-19-13)15-12-17(2)8-6-9-18(15)3/h5,7,10,14-16H,4,6,8-9,11-12H2,1-3H3. The molecular formula is C15H27N3O. The van der Waals surface area contributed by atoms with E-state index in [0.29, 0.717) is 12.1 Å². The first-order valence-corrected chi connectivity index (χ1v) is 7.35. The zero-order chi connectivity index (χ0) is 13.7. The molecule has 2 rings (SSSR count). The zero-order valence-electron chi connectivity index (χ0n) is 12.4. The van der Waals surface area contributed by atoms with Gasteiger partial charge in [0.05, 0.1) is 6.26 Å². The van der Waals surface area contributed by atoms with Crippen LogP contribution in [0.1, 0.15) is 19.1 Å². The number of likely N-dealkylation sites (N-methyl/N-ethyl adjacent to an activating group) is 3. The van der Waals surface area contributed by atoms with Crippen molar-refractivity contribution in [3.05, 3.63) is 24.2 Å². The van der Waals surface area contributed by atoms with Gasteiger partial charge in [0.2, 0.25) is 0 Å². The summed E-state index contributed by atoms with van der Waals surface area (Å²) in [4.78, 5) is 4.94. The summed E-state index contributed by atoms with van der Waals surface area (Å²) < 4.78 is 5.52. The van der Waals surface area contributed by atoms with Crippen LogP contribution in [0.5, 0.6) is 0 Å². The highest BCUT2D eigenvalue weighted by molar-refractivity contribution is 5.03. The number of nitrogens with zero attached hydrogens (tertiary/aromatic N) is 2. The van der Waals surface area contributed by atoms with Gasteiger partial charge < -0.3 is 19.5 Å². The second-order valence-electron chi connectivity index (χ2n) is 5.61. The summed E-state index contributed by atoms with van der Waals surface area (Å²) in [6.45, 7) is 6.67. The van der Waals surface area contributed by atoms with Gasteiger partial charge in [0, 0.05) is 25.0 Å². The predicted octanol–water partition coefficient (Wildman–Crippen LogP) is 1.44. The molecule has 2 unspecified atom stereocenters. The van der Waals surface area contributed by atoms with E-state index < -0.39 is 0 Å². The van der Waals surface area contributed by atoms with E-state index in [2.05, 4.69) is 42.2 Å². The van der Waals surface area contributed by atoms with E-state index in [1.807, 2.05) is 6.07 Å². The third-order valence-electron chi connectivity index (χ3n) is 4.05. The minimum absolute atomic E-state index is 0.446. The highest BCUT2D eigenvalue weighted by Crippen LogP contribution is 2.15. The molecule has 0 spiro atoms. The molecule has 1 aromatic heterocycles. The summed E-state index contributed by atoms with van der Waals surface area (Å²) in [6, 6.07) is 5.03. The number of nitrogens with one attached hydrogen (secondary N) is 1. The molecule has 0 aromatic carbocycles. The van der Waals surface area contributed by atoms with Crippen LogP contribution in [0.4, 0.5) is 0 Å². The van der Waals surface area contributed by atoms with Crippen LogP contribution < -0.4 is 5.32 Å². The van der Waals surface area contributed by atoms with Crippen molar-refractivity contribution in [2.45, 2.75) is 31.8 Å². The van der Waals surface area contributed by atoms with Crippen LogP contribution in [0.15, 0.2) is 22.8 Å². The minimum atomic E-state index is 0.446. The lowest BCUT2D eigenvalue weighted by atomic mass is 10.0. The molecule has 2 atom stereocenters. The smallest absolute Gasteiger partial charge is 0.105 e. The molecule has 0 saturated carbocycles. The predicted molar refractivity (Wildman–Crippen MR) is 78.4 cm³/mol. The first-order chi connectivity index (χ1) is 9.20. The fourth-order valence-corrected chi connectivity index (χ4v) is 2.99. The molecular weight excluding hydrogens is 238 g/mol. The van der Waals surface area contributed by atoms with Crippen molar-refractivity contribution in [1.82, 2.24) is 15.1 Å². The number of furan rings is 1. The first kappa shape index (κ1) is 14.6. The van der Waals surface area contributed by atoms with Gasteiger partial charge in [-0.25, -0.2) is 0 Å². The Morgan fingerprint density at radius 2 is 2.26 bits per heavy atom. The Hall–Kier alpha value is -0.840. The SMILES string of the molecule is CCNC(Cc1ccco1)C1CN(C)CCCN1C. The van der Waals surface area contributed by atoms with Crippen molar-refractivity contribution in [2.24, 2.45) is 0 Å². The molecule has 0 radical (unpaired) electrons. The van der Waals surface area contributed by atoms with Crippen molar-refractivity contribution in [2.75, 3.05) is 40.3 Å². The van der Waals surface area contributed by atoms with E-state index in [0.717, 1.165) is 25.3 Å². The Balaban J connectivity index is 2.06. The highest BCUT2D eigenvalue weighted by atomic mass is 16.3. The van der Waals surface area contributed by atoms with E-state index >= 15 is 0 Å². The Labute approximate surface area is 116 Å². The Morgan fingerprint density at radius 1 is 1.42 bits per heavy atom. The van der Waals surface area contributed by atoms with Crippen LogP contribution >= 0.6 is 0 Å². The lowest BCUT2D eigenvalue weighted by Crippen LogP contribution is -2.53. The van der Waals surface area contributed by atoms with Gasteiger partial charge in [-0.1, -0.05) is 6.92 Å². The molecule has 4 nitrogen and oxygen atoms in total. The average Bonchev–Trinajstić information content (AvgIpc) is 2.82. The van der Waals surface area contributed by atoms with Crippen LogP contribution in [0.25, 0.3) is 0 Å². The van der Waals surface area contributed by atoms with Crippen molar-refractivity contribution < 1.29 is 4.42 Å². The van der Waals surface area contributed by atoms with Gasteiger partial charge >= 0.3 is 0 Å². The van der Waals surface area contributed by atoms with E-state index in [1.165, 1.54) is 19.5 Å². The number of hydrogen-bond donors (Lipinski definition) is 1. The van der Waals surface area contributed by atoms with Crippen LogP contribution in [-0.4, -0.2) is 62.2 Å². The Kier molecular flexibility index (Phi) is 5.43. The van der Waals surface area contributed by atoms with Gasteiger partial charge in [-0.15, -0.1) is 0 Å². The quantitative estimate of drug-likeness (QED) is 0.873. The van der Waals surface area contributed by atoms with Gasteiger partial charge in [-0.3, -0.25) is 0 Å². The average molecular weight is 265 g/mol. The molecule has 0 bridgehead atoms. The maximum Gasteiger partial charge on any atom is 0.105 e. The monoisotopic (exact) mass is 265 g/mol. The van der Waals surface area contributed by atoms with E-state index in [9.17, 15) is 0 Å². The van der Waals surface area contributed by atoms with Gasteiger partial charge in [-0.2, -0.15) is 0 Å². The molecule has 1 aromatic rings. The molecule has 0 amide bonds. The molecule has 1 aliphatic heterocycles. The molecule has 1 N–H and O–H groups in total. The van der Waals surface area contributed by atoms with Gasteiger partial charge in [0.1, 0.15) is 5.76 Å². The van der Waals surface area contributed by atoms with Gasteiger partial charge in [0.15, 0.2) is 0 Å². The van der Waals surface area contributed by atoms with E-state index in [1.54, 1.807) is 6.26 Å². The third-order valence-corrected chi connectivity index (χ3v) is 4.05. The molecule has 1 saturated heterocycles. The molecule has 1 aliphatic rings. The highest BCUT2D eigenvalue weighted by Gasteiger charge is 2.28. The fraction of sp³-hybridized carbons (Fsp3) is 0.733. The van der Waals surface area contributed by atoms with Crippen LogP contribution in [0.2, 0.25) is 0 Å². The summed E-state index contributed by atoms with van der Waals surface area (Å²) in [5.74, 6) is 1.08. The van der Waals surface area contributed by atoms with Crippen LogP contribution in [-0.2, 0) is 6.42 Å².